The first-order chi connectivity index (χ1) is 15.6. The van der Waals surface area contributed by atoms with E-state index in [1.807, 2.05) is 6.08 Å². The van der Waals surface area contributed by atoms with Gasteiger partial charge in [0.05, 0.1) is 12.3 Å². The number of unbranched alkanes of at least 4 members (excludes halogenated alkanes) is 17. The fourth-order valence-electron chi connectivity index (χ4n) is 3.91. The fraction of sp³-hybridized carbons (Fsp3) is 0.786. The lowest BCUT2D eigenvalue weighted by Gasteiger charge is -2.09. The summed E-state index contributed by atoms with van der Waals surface area (Å²) in [6.07, 6.45) is 28.7. The van der Waals surface area contributed by atoms with Crippen LogP contribution in [0.4, 0.5) is 0 Å². The zero-order valence-corrected chi connectivity index (χ0v) is 20.8. The van der Waals surface area contributed by atoms with Gasteiger partial charge in [-0.25, -0.2) is 0 Å². The van der Waals surface area contributed by atoms with Crippen molar-refractivity contribution in [3.63, 3.8) is 0 Å². The number of rotatable bonds is 24. The predicted molar refractivity (Wildman–Crippen MR) is 135 cm³/mol. The molecule has 0 saturated carbocycles. The highest BCUT2D eigenvalue weighted by atomic mass is 16.5. The van der Waals surface area contributed by atoms with Crippen LogP contribution in [0.3, 0.4) is 0 Å². The van der Waals surface area contributed by atoms with E-state index in [1.165, 1.54) is 109 Å². The Hall–Kier alpha value is -1.58. The summed E-state index contributed by atoms with van der Waals surface area (Å²) < 4.78 is 4.97. The lowest BCUT2D eigenvalue weighted by atomic mass is 10.0. The molecule has 0 aromatic heterocycles. The number of carbonyl (C=O) groups is 2. The molecule has 0 aliphatic carbocycles. The number of esters is 1. The van der Waals surface area contributed by atoms with Crippen molar-refractivity contribution in [3.05, 3.63) is 24.8 Å². The van der Waals surface area contributed by atoms with Crippen LogP contribution in [0.5, 0.6) is 0 Å². The molecule has 1 unspecified atom stereocenters. The zero-order chi connectivity index (χ0) is 23.7. The van der Waals surface area contributed by atoms with Gasteiger partial charge in [0.15, 0.2) is 0 Å². The van der Waals surface area contributed by atoms with E-state index in [4.69, 9.17) is 9.84 Å². The average Bonchev–Trinajstić information content (AvgIpc) is 2.77. The smallest absolute Gasteiger partial charge is 0.313 e. The number of carboxylic acid groups (broad SMARTS) is 1. The van der Waals surface area contributed by atoms with Crippen LogP contribution in [0.2, 0.25) is 0 Å². The predicted octanol–water partition coefficient (Wildman–Crippen LogP) is 8.40. The summed E-state index contributed by atoms with van der Waals surface area (Å²) in [5.41, 5.74) is 0. The summed E-state index contributed by atoms with van der Waals surface area (Å²) >= 11 is 0. The van der Waals surface area contributed by atoms with E-state index in [1.54, 1.807) is 6.08 Å². The fourth-order valence-corrected chi connectivity index (χ4v) is 3.91. The Balaban J connectivity index is 3.50. The van der Waals surface area contributed by atoms with Gasteiger partial charge in [-0.1, -0.05) is 134 Å². The molecule has 186 valence electrons. The van der Waals surface area contributed by atoms with Gasteiger partial charge in [0.2, 0.25) is 0 Å². The molecule has 0 aliphatic heterocycles. The number of carboxylic acids is 1. The van der Waals surface area contributed by atoms with E-state index >= 15 is 0 Å². The molecular weight excluding hydrogens is 400 g/mol. The van der Waals surface area contributed by atoms with Crippen LogP contribution in [0, 0.1) is 5.92 Å². The quantitative estimate of drug-likeness (QED) is 0.0910. The molecule has 0 aliphatic rings. The van der Waals surface area contributed by atoms with Crippen molar-refractivity contribution in [3.8, 4) is 0 Å². The van der Waals surface area contributed by atoms with Gasteiger partial charge in [-0.15, -0.1) is 0 Å². The zero-order valence-electron chi connectivity index (χ0n) is 20.8. The maximum Gasteiger partial charge on any atom is 0.313 e. The Kier molecular flexibility index (Phi) is 22.9. The van der Waals surface area contributed by atoms with Gasteiger partial charge in [-0.05, 0) is 12.8 Å². The first-order valence-corrected chi connectivity index (χ1v) is 13.3. The van der Waals surface area contributed by atoms with Gasteiger partial charge >= 0.3 is 11.9 Å². The lowest BCUT2D eigenvalue weighted by Crippen LogP contribution is -2.19. The van der Waals surface area contributed by atoms with Gasteiger partial charge in [0.1, 0.15) is 6.61 Å². The lowest BCUT2D eigenvalue weighted by molar-refractivity contribution is -0.150. The molecule has 4 nitrogen and oxygen atoms in total. The van der Waals surface area contributed by atoms with Crippen molar-refractivity contribution < 1.29 is 19.4 Å². The van der Waals surface area contributed by atoms with E-state index < -0.39 is 17.9 Å². The highest BCUT2D eigenvalue weighted by Gasteiger charge is 2.19. The third-order valence-corrected chi connectivity index (χ3v) is 5.88. The first-order valence-electron chi connectivity index (χ1n) is 13.3. The molecule has 0 bridgehead atoms. The van der Waals surface area contributed by atoms with E-state index in [0.29, 0.717) is 0 Å². The van der Waals surface area contributed by atoms with E-state index in [-0.39, 0.29) is 13.0 Å². The molecule has 32 heavy (non-hydrogen) atoms. The molecular formula is C28H50O4. The van der Waals surface area contributed by atoms with Crippen LogP contribution < -0.4 is 0 Å². The Morgan fingerprint density at radius 2 is 1.22 bits per heavy atom. The number of aliphatic carboxylic acids is 1. The van der Waals surface area contributed by atoms with E-state index in [2.05, 4.69) is 13.5 Å². The maximum absolute atomic E-state index is 11.9. The third-order valence-electron chi connectivity index (χ3n) is 5.88. The van der Waals surface area contributed by atoms with Crippen LogP contribution in [0.15, 0.2) is 24.8 Å². The number of carbonyl (C=O) groups excluding carboxylic acids is 1. The summed E-state index contributed by atoms with van der Waals surface area (Å²) in [4.78, 5) is 22.8. The van der Waals surface area contributed by atoms with Crippen molar-refractivity contribution >= 4 is 11.9 Å². The summed E-state index contributed by atoms with van der Waals surface area (Å²) in [5.74, 6) is -2.20. The van der Waals surface area contributed by atoms with Gasteiger partial charge in [-0.2, -0.15) is 0 Å². The molecule has 0 spiro atoms. The van der Waals surface area contributed by atoms with Gasteiger partial charge in [0, 0.05) is 0 Å². The summed E-state index contributed by atoms with van der Waals surface area (Å²) in [6.45, 7) is 5.88. The number of hydrogen-bond donors (Lipinski definition) is 1. The Morgan fingerprint density at radius 1 is 0.781 bits per heavy atom. The van der Waals surface area contributed by atoms with Crippen LogP contribution in [0.1, 0.15) is 129 Å². The topological polar surface area (TPSA) is 63.6 Å². The SMILES string of the molecule is C=CCOC(=O)C(/C=C/CCCCCCCCCCCCCCCCCCC)CC(=O)O. The van der Waals surface area contributed by atoms with Crippen molar-refractivity contribution in [2.75, 3.05) is 6.61 Å². The monoisotopic (exact) mass is 450 g/mol. The number of ether oxygens (including phenoxy) is 1. The molecule has 0 saturated heterocycles. The molecule has 0 heterocycles. The molecule has 4 heteroatoms. The van der Waals surface area contributed by atoms with Gasteiger partial charge in [0.25, 0.3) is 0 Å². The van der Waals surface area contributed by atoms with Crippen molar-refractivity contribution in [2.45, 2.75) is 129 Å². The molecule has 0 fully saturated rings. The Bertz CT molecular complexity index is 484. The second-order valence-corrected chi connectivity index (χ2v) is 9.00. The van der Waals surface area contributed by atoms with Crippen molar-refractivity contribution in [1.82, 2.24) is 0 Å². The summed E-state index contributed by atoms with van der Waals surface area (Å²) in [5, 5.41) is 8.96. The third kappa shape index (κ3) is 21.6. The molecule has 0 aromatic carbocycles. The molecule has 1 N–H and O–H groups in total. The highest BCUT2D eigenvalue weighted by molar-refractivity contribution is 5.80. The molecule has 0 radical (unpaired) electrons. The normalized spacial score (nSPS) is 12.2. The minimum Gasteiger partial charge on any atom is -0.481 e. The Morgan fingerprint density at radius 3 is 1.62 bits per heavy atom. The molecule has 0 aromatic rings. The standard InChI is InChI=1S/C28H50O4/c1-3-5-6-7-8-9-10-11-12-13-14-15-16-17-18-19-20-21-22-23-26(25-27(29)30)28(31)32-24-4-2/h4,22-23,26H,2-3,5-21,24-25H2,1H3,(H,29,30)/b23-22+. The second-order valence-electron chi connectivity index (χ2n) is 9.00. The average molecular weight is 451 g/mol. The van der Waals surface area contributed by atoms with Gasteiger partial charge in [-0.3, -0.25) is 9.59 Å². The number of hydrogen-bond acceptors (Lipinski definition) is 3. The van der Waals surface area contributed by atoms with Crippen LogP contribution in [0.25, 0.3) is 0 Å². The first kappa shape index (κ1) is 30.4. The van der Waals surface area contributed by atoms with Crippen LogP contribution >= 0.6 is 0 Å². The number of allylic oxidation sites excluding steroid dienone is 1. The van der Waals surface area contributed by atoms with Gasteiger partial charge < -0.3 is 9.84 Å². The van der Waals surface area contributed by atoms with Crippen molar-refractivity contribution in [1.29, 1.82) is 0 Å². The van der Waals surface area contributed by atoms with Crippen LogP contribution in [-0.2, 0) is 14.3 Å². The summed E-state index contributed by atoms with van der Waals surface area (Å²) in [7, 11) is 0. The highest BCUT2D eigenvalue weighted by Crippen LogP contribution is 2.15. The summed E-state index contributed by atoms with van der Waals surface area (Å²) in [6, 6.07) is 0. The Labute approximate surface area is 197 Å². The minimum atomic E-state index is -0.993. The van der Waals surface area contributed by atoms with E-state index in [9.17, 15) is 9.59 Å². The molecule has 0 rings (SSSR count). The molecule has 0 amide bonds. The second kappa shape index (κ2) is 24.1. The van der Waals surface area contributed by atoms with E-state index in [0.717, 1.165) is 12.8 Å². The maximum atomic E-state index is 11.9. The largest absolute Gasteiger partial charge is 0.481 e. The molecule has 1 atom stereocenters. The van der Waals surface area contributed by atoms with Crippen molar-refractivity contribution in [2.24, 2.45) is 5.92 Å². The minimum absolute atomic E-state index is 0.113. The van der Waals surface area contributed by atoms with Crippen LogP contribution in [-0.4, -0.2) is 23.7 Å².